The highest BCUT2D eigenvalue weighted by Gasteiger charge is 2.28. The topological polar surface area (TPSA) is 103 Å². The van der Waals surface area contributed by atoms with Crippen molar-refractivity contribution in [3.8, 4) is 17.1 Å². The number of nitrogens with zero attached hydrogens (tertiary/aromatic N) is 4. The van der Waals surface area contributed by atoms with Crippen LogP contribution in [0.1, 0.15) is 33.6 Å². The average molecular weight is 566 g/mol. The van der Waals surface area contributed by atoms with Gasteiger partial charge in [-0.2, -0.15) is 0 Å². The third-order valence-corrected chi connectivity index (χ3v) is 6.48. The van der Waals surface area contributed by atoms with Crippen LogP contribution < -0.4 is 10.1 Å². The summed E-state index contributed by atoms with van der Waals surface area (Å²) in [6.07, 6.45) is 6.02. The first-order valence-electron chi connectivity index (χ1n) is 12.1. The molecule has 0 radical (unpaired) electrons. The number of carbonyl (C=O) groups excluding carboxylic acids is 1. The quantitative estimate of drug-likeness (QED) is 0.290. The summed E-state index contributed by atoms with van der Waals surface area (Å²) in [7, 11) is 0. The van der Waals surface area contributed by atoms with E-state index in [1.54, 1.807) is 17.3 Å². The Morgan fingerprint density at radius 2 is 1.97 bits per heavy atom. The van der Waals surface area contributed by atoms with Crippen LogP contribution in [0.4, 0.5) is 16.4 Å². The molecule has 0 unspecified atom stereocenters. The molecule has 1 aliphatic rings. The first kappa shape index (κ1) is 25.0. The number of carbonyl (C=O) groups is 1. The van der Waals surface area contributed by atoms with Gasteiger partial charge in [0.1, 0.15) is 17.5 Å². The minimum atomic E-state index is -0.504. The molecule has 9 nitrogen and oxygen atoms in total. The average Bonchev–Trinajstić information content (AvgIpc) is 3.40. The van der Waals surface area contributed by atoms with Gasteiger partial charge in [-0.3, -0.25) is 0 Å². The Kier molecular flexibility index (Phi) is 7.01. The van der Waals surface area contributed by atoms with E-state index in [9.17, 15) is 4.79 Å². The summed E-state index contributed by atoms with van der Waals surface area (Å²) in [5.74, 6) is 1.87. The smallest absolute Gasteiger partial charge is 0.410 e. The maximum atomic E-state index is 12.3. The Hall–Kier alpha value is -3.66. The molecular formula is C27H28BrN5O4. The molecule has 0 bridgehead atoms. The molecule has 1 aliphatic heterocycles. The summed E-state index contributed by atoms with van der Waals surface area (Å²) in [5, 5.41) is 4.15. The van der Waals surface area contributed by atoms with Crippen LogP contribution in [0.2, 0.25) is 0 Å². The number of oxazole rings is 1. The van der Waals surface area contributed by atoms with Crippen molar-refractivity contribution in [2.45, 2.75) is 45.3 Å². The molecule has 1 N–H and O–H groups in total. The van der Waals surface area contributed by atoms with Crippen LogP contribution in [0, 0.1) is 0 Å². The zero-order chi connectivity index (χ0) is 26.0. The lowest BCUT2D eigenvalue weighted by Gasteiger charge is -2.33. The largest absolute Gasteiger partial charge is 0.489 e. The number of anilines is 2. The van der Waals surface area contributed by atoms with Gasteiger partial charge in [-0.15, -0.1) is 0 Å². The highest BCUT2D eigenvalue weighted by Crippen LogP contribution is 2.32. The molecule has 2 aromatic carbocycles. The Bertz CT molecular complexity index is 1400. The van der Waals surface area contributed by atoms with Crippen molar-refractivity contribution in [1.82, 2.24) is 19.9 Å². The predicted octanol–water partition coefficient (Wildman–Crippen LogP) is 6.57. The van der Waals surface area contributed by atoms with Gasteiger partial charge in [0.25, 0.3) is 0 Å². The summed E-state index contributed by atoms with van der Waals surface area (Å²) < 4.78 is 18.0. The first-order valence-corrected chi connectivity index (χ1v) is 12.9. The van der Waals surface area contributed by atoms with Gasteiger partial charge < -0.3 is 24.1 Å². The van der Waals surface area contributed by atoms with Crippen molar-refractivity contribution < 1.29 is 18.7 Å². The van der Waals surface area contributed by atoms with Crippen LogP contribution in [-0.4, -0.2) is 50.7 Å². The minimum absolute atomic E-state index is 0.00861. The van der Waals surface area contributed by atoms with Gasteiger partial charge in [0.05, 0.1) is 16.2 Å². The van der Waals surface area contributed by atoms with E-state index in [2.05, 4.69) is 31.2 Å². The molecule has 1 amide bonds. The fraction of sp³-hybridized carbons (Fsp3) is 0.333. The molecule has 0 saturated carbocycles. The van der Waals surface area contributed by atoms with Crippen molar-refractivity contribution >= 4 is 44.6 Å². The van der Waals surface area contributed by atoms with E-state index < -0.39 is 5.60 Å². The molecule has 2 aromatic heterocycles. The van der Waals surface area contributed by atoms with Gasteiger partial charge in [-0.25, -0.2) is 19.7 Å². The maximum absolute atomic E-state index is 12.3. The predicted molar refractivity (Wildman–Crippen MR) is 144 cm³/mol. The molecule has 0 spiro atoms. The van der Waals surface area contributed by atoms with E-state index in [0.29, 0.717) is 30.5 Å². The Labute approximate surface area is 223 Å². The molecule has 5 rings (SSSR count). The van der Waals surface area contributed by atoms with Crippen molar-refractivity contribution in [3.63, 3.8) is 0 Å². The van der Waals surface area contributed by atoms with Crippen LogP contribution in [-0.2, 0) is 4.74 Å². The second kappa shape index (κ2) is 10.4. The number of nitrogens with one attached hydrogen (secondary N) is 1. The lowest BCUT2D eigenvalue weighted by molar-refractivity contribution is 0.0126. The number of halogens is 1. The van der Waals surface area contributed by atoms with Gasteiger partial charge in [0.2, 0.25) is 5.95 Å². The van der Waals surface area contributed by atoms with E-state index in [1.165, 1.54) is 6.39 Å². The van der Waals surface area contributed by atoms with E-state index in [-0.39, 0.29) is 12.2 Å². The number of amides is 1. The number of rotatable bonds is 5. The van der Waals surface area contributed by atoms with Crippen LogP contribution >= 0.6 is 15.9 Å². The SMILES string of the molecule is CC(C)(C)OC(=O)N1CCC(Oc2cc3nc(Nc4cccc(-c5cnco5)c4)ncc3cc2Br)CC1. The molecule has 0 atom stereocenters. The number of hydrogen-bond donors (Lipinski definition) is 1. The Balaban J connectivity index is 1.27. The van der Waals surface area contributed by atoms with Crippen LogP contribution in [0.5, 0.6) is 5.75 Å². The van der Waals surface area contributed by atoms with E-state index in [0.717, 1.165) is 39.5 Å². The third kappa shape index (κ3) is 6.19. The van der Waals surface area contributed by atoms with Crippen LogP contribution in [0.15, 0.2) is 64.1 Å². The summed E-state index contributed by atoms with van der Waals surface area (Å²) in [6, 6.07) is 11.6. The molecule has 37 heavy (non-hydrogen) atoms. The fourth-order valence-corrected chi connectivity index (χ4v) is 4.54. The minimum Gasteiger partial charge on any atom is -0.489 e. The zero-order valence-corrected chi connectivity index (χ0v) is 22.5. The van der Waals surface area contributed by atoms with Gasteiger partial charge in [-0.1, -0.05) is 12.1 Å². The number of piperidine rings is 1. The Morgan fingerprint density at radius 3 is 2.70 bits per heavy atom. The molecule has 0 aliphatic carbocycles. The van der Waals surface area contributed by atoms with Crippen LogP contribution in [0.25, 0.3) is 22.2 Å². The van der Waals surface area contributed by atoms with Crippen molar-refractivity contribution in [2.24, 2.45) is 0 Å². The van der Waals surface area contributed by atoms with Crippen molar-refractivity contribution in [1.29, 1.82) is 0 Å². The monoisotopic (exact) mass is 565 g/mol. The second-order valence-corrected chi connectivity index (χ2v) is 10.7. The lowest BCUT2D eigenvalue weighted by Crippen LogP contribution is -2.44. The van der Waals surface area contributed by atoms with Gasteiger partial charge >= 0.3 is 6.09 Å². The van der Waals surface area contributed by atoms with Crippen molar-refractivity contribution in [2.75, 3.05) is 18.4 Å². The first-order chi connectivity index (χ1) is 17.7. The number of hydrogen-bond acceptors (Lipinski definition) is 8. The second-order valence-electron chi connectivity index (χ2n) is 9.89. The molecule has 10 heteroatoms. The van der Waals surface area contributed by atoms with E-state index >= 15 is 0 Å². The number of likely N-dealkylation sites (tertiary alicyclic amines) is 1. The zero-order valence-electron chi connectivity index (χ0n) is 20.9. The normalized spacial score (nSPS) is 14.5. The summed E-state index contributed by atoms with van der Waals surface area (Å²) in [4.78, 5) is 27.2. The standard InChI is InChI=1S/C27H28BrN5O4/c1-27(2,3)37-26(34)33-9-7-20(8-10-33)36-23-13-22-18(12-21(23)28)14-30-25(32-22)31-19-6-4-5-17(11-19)24-15-29-16-35-24/h4-6,11-16,20H,7-10H2,1-3H3,(H,30,31,32). The van der Waals surface area contributed by atoms with E-state index in [4.69, 9.17) is 18.9 Å². The number of ether oxygens (including phenoxy) is 2. The summed E-state index contributed by atoms with van der Waals surface area (Å²) in [5.41, 5.74) is 1.99. The van der Waals surface area contributed by atoms with Crippen molar-refractivity contribution in [3.05, 3.63) is 59.7 Å². The highest BCUT2D eigenvalue weighted by molar-refractivity contribution is 9.10. The van der Waals surface area contributed by atoms with Crippen LogP contribution in [0.3, 0.4) is 0 Å². The molecule has 192 valence electrons. The van der Waals surface area contributed by atoms with Gasteiger partial charge in [0, 0.05) is 54.8 Å². The highest BCUT2D eigenvalue weighted by atomic mass is 79.9. The van der Waals surface area contributed by atoms with Gasteiger partial charge in [0.15, 0.2) is 12.2 Å². The summed E-state index contributed by atoms with van der Waals surface area (Å²) in [6.45, 7) is 6.80. The molecule has 1 saturated heterocycles. The molecular weight excluding hydrogens is 538 g/mol. The number of aromatic nitrogens is 3. The summed E-state index contributed by atoms with van der Waals surface area (Å²) >= 11 is 3.62. The number of benzene rings is 2. The number of fused-ring (bicyclic) bond motifs is 1. The molecule has 4 aromatic rings. The fourth-order valence-electron chi connectivity index (χ4n) is 4.08. The maximum Gasteiger partial charge on any atom is 0.410 e. The van der Waals surface area contributed by atoms with Gasteiger partial charge in [-0.05, 0) is 54.9 Å². The molecule has 1 fully saturated rings. The van der Waals surface area contributed by atoms with E-state index in [1.807, 2.05) is 57.2 Å². The third-order valence-electron chi connectivity index (χ3n) is 5.86. The molecule has 3 heterocycles. The lowest BCUT2D eigenvalue weighted by atomic mass is 10.1. The Morgan fingerprint density at radius 1 is 1.16 bits per heavy atom.